The number of nitrogens with zero attached hydrogens (tertiary/aromatic N) is 2. The van der Waals surface area contributed by atoms with Crippen LogP contribution in [0.2, 0.25) is 0 Å². The van der Waals surface area contributed by atoms with Crippen LogP contribution in [0.1, 0.15) is 31.4 Å². The first-order valence-electron chi connectivity index (χ1n) is 11.3. The van der Waals surface area contributed by atoms with Gasteiger partial charge in [0.25, 0.3) is 0 Å². The third kappa shape index (κ3) is 7.48. The van der Waals surface area contributed by atoms with E-state index in [1.165, 1.54) is 12.0 Å². The Labute approximate surface area is 202 Å². The minimum Gasteiger partial charge on any atom is -0.495 e. The number of carbonyl (C=O) groups is 2. The number of rotatable bonds is 12. The number of hydrogen-bond acceptors (Lipinski definition) is 5. The Morgan fingerprint density at radius 3 is 2.38 bits per heavy atom. The fourth-order valence-corrected chi connectivity index (χ4v) is 4.40. The second-order valence-electron chi connectivity index (χ2n) is 8.23. The lowest BCUT2D eigenvalue weighted by Gasteiger charge is -2.32. The van der Waals surface area contributed by atoms with Crippen molar-refractivity contribution in [2.75, 3.05) is 37.3 Å². The first-order valence-corrected chi connectivity index (χ1v) is 13.2. The number of amides is 2. The van der Waals surface area contributed by atoms with Gasteiger partial charge in [0.15, 0.2) is 0 Å². The molecule has 186 valence electrons. The van der Waals surface area contributed by atoms with Crippen LogP contribution in [0.25, 0.3) is 0 Å². The predicted octanol–water partition coefficient (Wildman–Crippen LogP) is 2.76. The zero-order valence-electron chi connectivity index (χ0n) is 20.6. The smallest absolute Gasteiger partial charge is 0.244 e. The van der Waals surface area contributed by atoms with Crippen molar-refractivity contribution in [1.29, 1.82) is 0 Å². The molecule has 2 aromatic carbocycles. The molecule has 2 aromatic rings. The van der Waals surface area contributed by atoms with Crippen molar-refractivity contribution >= 4 is 27.5 Å². The molecule has 9 heteroatoms. The Morgan fingerprint density at radius 1 is 1.12 bits per heavy atom. The van der Waals surface area contributed by atoms with Crippen LogP contribution in [-0.2, 0) is 26.0 Å². The fraction of sp³-hybridized carbons (Fsp3) is 0.440. The number of carbonyl (C=O) groups excluding carboxylic acids is 2. The van der Waals surface area contributed by atoms with Crippen LogP contribution >= 0.6 is 0 Å². The van der Waals surface area contributed by atoms with E-state index in [0.29, 0.717) is 18.7 Å². The summed E-state index contributed by atoms with van der Waals surface area (Å²) in [5, 5.41) is 2.82. The SMILES string of the molecule is CCCNC(=O)[C@@H](C)N(CCc1ccccc1)C(=O)CN(c1cc(C)ccc1OC)S(C)(=O)=O. The number of ether oxygens (including phenoxy) is 1. The minimum absolute atomic E-state index is 0.270. The number of nitrogens with one attached hydrogen (secondary N) is 1. The molecular formula is C25H35N3O5S. The molecule has 2 amide bonds. The Balaban J connectivity index is 2.36. The highest BCUT2D eigenvalue weighted by atomic mass is 32.2. The van der Waals surface area contributed by atoms with Gasteiger partial charge in [-0.05, 0) is 49.9 Å². The molecule has 0 radical (unpaired) electrons. The van der Waals surface area contributed by atoms with Crippen molar-refractivity contribution in [1.82, 2.24) is 10.2 Å². The summed E-state index contributed by atoms with van der Waals surface area (Å²) in [5.41, 5.74) is 2.12. The lowest BCUT2D eigenvalue weighted by Crippen LogP contribution is -2.52. The lowest BCUT2D eigenvalue weighted by molar-refractivity contribution is -0.138. The molecule has 0 bridgehead atoms. The van der Waals surface area contributed by atoms with Crippen molar-refractivity contribution in [2.24, 2.45) is 0 Å². The summed E-state index contributed by atoms with van der Waals surface area (Å²) in [7, 11) is -2.37. The molecule has 0 aliphatic rings. The zero-order chi connectivity index (χ0) is 25.3. The van der Waals surface area contributed by atoms with Gasteiger partial charge in [0.05, 0.1) is 19.1 Å². The molecule has 0 aliphatic heterocycles. The van der Waals surface area contributed by atoms with E-state index < -0.39 is 28.5 Å². The maximum absolute atomic E-state index is 13.5. The highest BCUT2D eigenvalue weighted by Crippen LogP contribution is 2.31. The molecule has 34 heavy (non-hydrogen) atoms. The van der Waals surface area contributed by atoms with E-state index in [9.17, 15) is 18.0 Å². The van der Waals surface area contributed by atoms with Crippen LogP contribution in [0.15, 0.2) is 48.5 Å². The summed E-state index contributed by atoms with van der Waals surface area (Å²) in [5.74, 6) is -0.403. The van der Waals surface area contributed by atoms with Gasteiger partial charge >= 0.3 is 0 Å². The maximum atomic E-state index is 13.5. The molecule has 0 aromatic heterocycles. The van der Waals surface area contributed by atoms with E-state index in [1.807, 2.05) is 44.2 Å². The van der Waals surface area contributed by atoms with Gasteiger partial charge in [-0.15, -0.1) is 0 Å². The number of anilines is 1. The van der Waals surface area contributed by atoms with Crippen LogP contribution in [0.5, 0.6) is 5.75 Å². The fourth-order valence-electron chi connectivity index (χ4n) is 3.56. The second kappa shape index (κ2) is 12.4. The van der Waals surface area contributed by atoms with Crippen molar-refractivity contribution in [3.8, 4) is 5.75 Å². The van der Waals surface area contributed by atoms with Crippen molar-refractivity contribution in [3.63, 3.8) is 0 Å². The number of aryl methyl sites for hydroxylation is 1. The van der Waals surface area contributed by atoms with Gasteiger partial charge in [0.2, 0.25) is 21.8 Å². The molecule has 0 unspecified atom stereocenters. The van der Waals surface area contributed by atoms with E-state index in [-0.39, 0.29) is 18.1 Å². The molecule has 0 aliphatic carbocycles. The Hall–Kier alpha value is -3.07. The molecule has 0 saturated heterocycles. The van der Waals surface area contributed by atoms with Crippen LogP contribution < -0.4 is 14.4 Å². The number of benzene rings is 2. The van der Waals surface area contributed by atoms with Gasteiger partial charge in [0, 0.05) is 13.1 Å². The largest absolute Gasteiger partial charge is 0.495 e. The quantitative estimate of drug-likeness (QED) is 0.495. The summed E-state index contributed by atoms with van der Waals surface area (Å²) in [6, 6.07) is 14.0. The summed E-state index contributed by atoms with van der Waals surface area (Å²) in [6.45, 7) is 5.76. The van der Waals surface area contributed by atoms with Gasteiger partial charge in [0.1, 0.15) is 18.3 Å². The Morgan fingerprint density at radius 2 is 1.79 bits per heavy atom. The first kappa shape index (κ1) is 27.2. The Kier molecular flexibility index (Phi) is 9.92. The molecule has 0 saturated carbocycles. The first-order chi connectivity index (χ1) is 16.1. The minimum atomic E-state index is -3.82. The van der Waals surface area contributed by atoms with E-state index in [2.05, 4.69) is 5.32 Å². The van der Waals surface area contributed by atoms with Gasteiger partial charge in [-0.3, -0.25) is 13.9 Å². The van der Waals surface area contributed by atoms with E-state index in [4.69, 9.17) is 4.74 Å². The molecule has 1 atom stereocenters. The van der Waals surface area contributed by atoms with Crippen LogP contribution in [-0.4, -0.2) is 64.2 Å². The average molecular weight is 490 g/mol. The molecule has 0 heterocycles. The van der Waals surface area contributed by atoms with Gasteiger partial charge in [-0.1, -0.05) is 43.3 Å². The number of sulfonamides is 1. The average Bonchev–Trinajstić information content (AvgIpc) is 2.80. The molecule has 0 spiro atoms. The van der Waals surface area contributed by atoms with E-state index in [0.717, 1.165) is 28.1 Å². The van der Waals surface area contributed by atoms with Crippen LogP contribution in [0, 0.1) is 6.92 Å². The third-order valence-corrected chi connectivity index (χ3v) is 6.61. The van der Waals surface area contributed by atoms with Gasteiger partial charge in [-0.25, -0.2) is 8.42 Å². The van der Waals surface area contributed by atoms with Crippen molar-refractivity contribution < 1.29 is 22.7 Å². The molecule has 0 fully saturated rings. The lowest BCUT2D eigenvalue weighted by atomic mass is 10.1. The molecule has 1 N–H and O–H groups in total. The standard InChI is InChI=1S/C25H35N3O5S/c1-6-15-26-25(30)20(3)27(16-14-21-10-8-7-9-11-21)24(29)18-28(34(5,31)32)22-17-19(2)12-13-23(22)33-4/h7-13,17,20H,6,14-16,18H2,1-5H3,(H,26,30)/t20-/m1/s1. The Bertz CT molecular complexity index is 1070. The van der Waals surface area contributed by atoms with E-state index in [1.54, 1.807) is 25.1 Å². The number of hydrogen-bond donors (Lipinski definition) is 1. The number of methoxy groups -OCH3 is 1. The zero-order valence-corrected chi connectivity index (χ0v) is 21.4. The topological polar surface area (TPSA) is 96.0 Å². The summed E-state index contributed by atoms with van der Waals surface area (Å²) in [6.07, 6.45) is 2.35. The molecule has 8 nitrogen and oxygen atoms in total. The maximum Gasteiger partial charge on any atom is 0.244 e. The molecule has 2 rings (SSSR count). The van der Waals surface area contributed by atoms with Crippen molar-refractivity contribution in [2.45, 2.75) is 39.7 Å². The third-order valence-electron chi connectivity index (χ3n) is 5.48. The normalized spacial score (nSPS) is 12.0. The summed E-state index contributed by atoms with van der Waals surface area (Å²) < 4.78 is 31.8. The van der Waals surface area contributed by atoms with Crippen molar-refractivity contribution in [3.05, 3.63) is 59.7 Å². The van der Waals surface area contributed by atoms with Gasteiger partial charge < -0.3 is 15.0 Å². The van der Waals surface area contributed by atoms with Crippen LogP contribution in [0.3, 0.4) is 0 Å². The molecular weight excluding hydrogens is 454 g/mol. The summed E-state index contributed by atoms with van der Waals surface area (Å²) in [4.78, 5) is 27.6. The monoisotopic (exact) mass is 489 g/mol. The summed E-state index contributed by atoms with van der Waals surface area (Å²) >= 11 is 0. The predicted molar refractivity (Wildman–Crippen MR) is 135 cm³/mol. The van der Waals surface area contributed by atoms with Gasteiger partial charge in [-0.2, -0.15) is 0 Å². The van der Waals surface area contributed by atoms with Crippen LogP contribution in [0.4, 0.5) is 5.69 Å². The highest BCUT2D eigenvalue weighted by Gasteiger charge is 2.30. The second-order valence-corrected chi connectivity index (χ2v) is 10.1. The van der Waals surface area contributed by atoms with E-state index >= 15 is 0 Å². The highest BCUT2D eigenvalue weighted by molar-refractivity contribution is 7.92.